The summed E-state index contributed by atoms with van der Waals surface area (Å²) >= 11 is 0. The van der Waals surface area contributed by atoms with Gasteiger partial charge in [0.25, 0.3) is 11.6 Å². The SMILES string of the molecule is Cc1ccc(NC(=O)CO/N=C\c2cccc([N+](=O)[O-])c2)c(C)c1. The molecule has 0 saturated heterocycles. The maximum absolute atomic E-state index is 11.8. The minimum Gasteiger partial charge on any atom is -0.386 e. The highest BCUT2D eigenvalue weighted by atomic mass is 16.6. The Morgan fingerprint density at radius 1 is 1.29 bits per heavy atom. The lowest BCUT2D eigenvalue weighted by Gasteiger charge is -2.08. The van der Waals surface area contributed by atoms with Gasteiger partial charge in [0.1, 0.15) is 0 Å². The Bertz CT molecular complexity index is 787. The number of rotatable bonds is 6. The lowest BCUT2D eigenvalue weighted by Crippen LogP contribution is -2.17. The van der Waals surface area contributed by atoms with Crippen LogP contribution in [0.4, 0.5) is 11.4 Å². The Labute approximate surface area is 139 Å². The summed E-state index contributed by atoms with van der Waals surface area (Å²) in [5.74, 6) is -0.335. The summed E-state index contributed by atoms with van der Waals surface area (Å²) in [5, 5.41) is 17.1. The van der Waals surface area contributed by atoms with Crippen LogP contribution in [0, 0.1) is 24.0 Å². The number of hydrogen-bond acceptors (Lipinski definition) is 5. The second-order valence-corrected chi connectivity index (χ2v) is 5.23. The first-order valence-electron chi connectivity index (χ1n) is 7.22. The van der Waals surface area contributed by atoms with Crippen LogP contribution in [0.3, 0.4) is 0 Å². The van der Waals surface area contributed by atoms with Crippen molar-refractivity contribution in [1.82, 2.24) is 0 Å². The third kappa shape index (κ3) is 4.91. The van der Waals surface area contributed by atoms with Crippen molar-refractivity contribution in [2.75, 3.05) is 11.9 Å². The second-order valence-electron chi connectivity index (χ2n) is 5.23. The fourth-order valence-electron chi connectivity index (χ4n) is 2.05. The molecule has 0 saturated carbocycles. The molecule has 7 nitrogen and oxygen atoms in total. The zero-order chi connectivity index (χ0) is 17.5. The molecule has 2 aromatic carbocycles. The molecule has 1 amide bonds. The van der Waals surface area contributed by atoms with Crippen LogP contribution in [0.25, 0.3) is 0 Å². The molecule has 0 aromatic heterocycles. The van der Waals surface area contributed by atoms with Crippen LogP contribution < -0.4 is 5.32 Å². The molecule has 2 rings (SSSR count). The number of benzene rings is 2. The molecule has 24 heavy (non-hydrogen) atoms. The minimum atomic E-state index is -0.491. The van der Waals surface area contributed by atoms with Gasteiger partial charge in [0.2, 0.25) is 0 Å². The molecule has 0 radical (unpaired) electrons. The van der Waals surface area contributed by atoms with E-state index in [1.807, 2.05) is 32.0 Å². The van der Waals surface area contributed by atoms with E-state index < -0.39 is 4.92 Å². The number of carbonyl (C=O) groups excluding carboxylic acids is 1. The van der Waals surface area contributed by atoms with Crippen molar-refractivity contribution in [3.63, 3.8) is 0 Å². The van der Waals surface area contributed by atoms with Crippen LogP contribution >= 0.6 is 0 Å². The summed E-state index contributed by atoms with van der Waals surface area (Å²) in [6, 6.07) is 11.6. The summed E-state index contributed by atoms with van der Waals surface area (Å²) in [6.45, 7) is 3.63. The van der Waals surface area contributed by atoms with Crippen LogP contribution in [0.1, 0.15) is 16.7 Å². The first kappa shape index (κ1) is 17.1. The highest BCUT2D eigenvalue weighted by Crippen LogP contribution is 2.15. The van der Waals surface area contributed by atoms with Gasteiger partial charge >= 0.3 is 0 Å². The Kier molecular flexibility index (Phi) is 5.62. The first-order valence-corrected chi connectivity index (χ1v) is 7.22. The number of hydrogen-bond donors (Lipinski definition) is 1. The molecule has 124 valence electrons. The fraction of sp³-hybridized carbons (Fsp3) is 0.176. The van der Waals surface area contributed by atoms with Gasteiger partial charge < -0.3 is 10.2 Å². The van der Waals surface area contributed by atoms with Crippen LogP contribution in [0.2, 0.25) is 0 Å². The zero-order valence-corrected chi connectivity index (χ0v) is 13.4. The van der Waals surface area contributed by atoms with Gasteiger partial charge in [0, 0.05) is 23.4 Å². The molecule has 0 aliphatic rings. The lowest BCUT2D eigenvalue weighted by atomic mass is 10.1. The summed E-state index contributed by atoms with van der Waals surface area (Å²) < 4.78 is 0. The van der Waals surface area contributed by atoms with E-state index in [1.165, 1.54) is 18.3 Å². The molecule has 0 aliphatic carbocycles. The number of amides is 1. The van der Waals surface area contributed by atoms with E-state index in [-0.39, 0.29) is 18.2 Å². The van der Waals surface area contributed by atoms with Crippen molar-refractivity contribution in [3.05, 3.63) is 69.3 Å². The van der Waals surface area contributed by atoms with Gasteiger partial charge in [0.05, 0.1) is 11.1 Å². The number of nitrogens with one attached hydrogen (secondary N) is 1. The van der Waals surface area contributed by atoms with Gasteiger partial charge in [0.15, 0.2) is 6.61 Å². The van der Waals surface area contributed by atoms with E-state index in [1.54, 1.807) is 12.1 Å². The van der Waals surface area contributed by atoms with Gasteiger partial charge in [-0.15, -0.1) is 0 Å². The van der Waals surface area contributed by atoms with E-state index in [4.69, 9.17) is 4.84 Å². The van der Waals surface area contributed by atoms with E-state index in [0.717, 1.165) is 16.8 Å². The second kappa shape index (κ2) is 7.87. The molecule has 0 heterocycles. The predicted molar refractivity (Wildman–Crippen MR) is 91.2 cm³/mol. The number of nitrogens with zero attached hydrogens (tertiary/aromatic N) is 2. The fourth-order valence-corrected chi connectivity index (χ4v) is 2.05. The Morgan fingerprint density at radius 2 is 2.08 bits per heavy atom. The van der Waals surface area contributed by atoms with Gasteiger partial charge in [-0.1, -0.05) is 35.0 Å². The van der Waals surface area contributed by atoms with E-state index >= 15 is 0 Å². The largest absolute Gasteiger partial charge is 0.386 e. The highest BCUT2D eigenvalue weighted by Gasteiger charge is 2.06. The van der Waals surface area contributed by atoms with E-state index in [2.05, 4.69) is 10.5 Å². The Balaban J connectivity index is 1.86. The summed E-state index contributed by atoms with van der Waals surface area (Å²) in [6.07, 6.45) is 1.32. The average molecular weight is 327 g/mol. The highest BCUT2D eigenvalue weighted by molar-refractivity contribution is 5.92. The molecule has 7 heteroatoms. The number of oxime groups is 1. The molecule has 0 aliphatic heterocycles. The van der Waals surface area contributed by atoms with Crippen molar-refractivity contribution in [2.45, 2.75) is 13.8 Å². The average Bonchev–Trinajstić information content (AvgIpc) is 2.54. The van der Waals surface area contributed by atoms with Crippen LogP contribution in [-0.2, 0) is 9.63 Å². The van der Waals surface area contributed by atoms with Crippen molar-refractivity contribution >= 4 is 23.5 Å². The number of anilines is 1. The van der Waals surface area contributed by atoms with Gasteiger partial charge in [-0.25, -0.2) is 0 Å². The number of nitro benzene ring substituents is 1. The van der Waals surface area contributed by atoms with Gasteiger partial charge in [-0.2, -0.15) is 0 Å². The van der Waals surface area contributed by atoms with E-state index in [0.29, 0.717) is 5.56 Å². The standard InChI is InChI=1S/C17H17N3O4/c1-12-6-7-16(13(2)8-12)19-17(21)11-24-18-10-14-4-3-5-15(9-14)20(22)23/h3-10H,11H2,1-2H3,(H,19,21)/b18-10-. The van der Waals surface area contributed by atoms with Crippen molar-refractivity contribution in [1.29, 1.82) is 0 Å². The molecule has 1 N–H and O–H groups in total. The van der Waals surface area contributed by atoms with Crippen LogP contribution in [-0.4, -0.2) is 23.7 Å². The molecular weight excluding hydrogens is 310 g/mol. The Morgan fingerprint density at radius 3 is 2.79 bits per heavy atom. The molecule has 0 spiro atoms. The Hall–Kier alpha value is -3.22. The molecule has 0 fully saturated rings. The normalized spacial score (nSPS) is 10.6. The number of aryl methyl sites for hydroxylation is 2. The number of non-ortho nitro benzene ring substituents is 1. The lowest BCUT2D eigenvalue weighted by molar-refractivity contribution is -0.384. The maximum Gasteiger partial charge on any atom is 0.270 e. The quantitative estimate of drug-likeness (QED) is 0.501. The van der Waals surface area contributed by atoms with Crippen molar-refractivity contribution in [2.24, 2.45) is 5.16 Å². The minimum absolute atomic E-state index is 0.0356. The van der Waals surface area contributed by atoms with Crippen LogP contribution in [0.15, 0.2) is 47.6 Å². The van der Waals surface area contributed by atoms with Crippen molar-refractivity contribution < 1.29 is 14.6 Å². The summed E-state index contributed by atoms with van der Waals surface area (Å²) in [5.41, 5.74) is 3.27. The molecule has 0 atom stereocenters. The van der Waals surface area contributed by atoms with E-state index in [9.17, 15) is 14.9 Å². The summed E-state index contributed by atoms with van der Waals surface area (Å²) in [4.78, 5) is 26.9. The molecule has 2 aromatic rings. The molecular formula is C17H17N3O4. The van der Waals surface area contributed by atoms with Gasteiger partial charge in [-0.3, -0.25) is 14.9 Å². The predicted octanol–water partition coefficient (Wildman–Crippen LogP) is 3.20. The third-order valence-corrected chi connectivity index (χ3v) is 3.21. The zero-order valence-electron chi connectivity index (χ0n) is 13.4. The third-order valence-electron chi connectivity index (χ3n) is 3.21. The topological polar surface area (TPSA) is 93.8 Å². The maximum atomic E-state index is 11.8. The van der Waals surface area contributed by atoms with Crippen LogP contribution in [0.5, 0.6) is 0 Å². The monoisotopic (exact) mass is 327 g/mol. The first-order chi connectivity index (χ1) is 11.5. The number of nitro groups is 1. The molecule has 0 unspecified atom stereocenters. The van der Waals surface area contributed by atoms with Crippen molar-refractivity contribution in [3.8, 4) is 0 Å². The smallest absolute Gasteiger partial charge is 0.270 e. The van der Waals surface area contributed by atoms with Gasteiger partial charge in [-0.05, 0) is 25.5 Å². The summed E-state index contributed by atoms with van der Waals surface area (Å²) in [7, 11) is 0. The number of carbonyl (C=O) groups is 1. The molecule has 0 bridgehead atoms.